The van der Waals surface area contributed by atoms with Gasteiger partial charge in [0.05, 0.1) is 6.04 Å². The zero-order chi connectivity index (χ0) is 15.4. The number of carboxylic acids is 1. The number of fused-ring (bicyclic) bond motifs is 1. The molecule has 0 spiro atoms. The van der Waals surface area contributed by atoms with Gasteiger partial charge in [0.15, 0.2) is 5.78 Å². The molecule has 1 aromatic rings. The van der Waals surface area contributed by atoms with Gasteiger partial charge < -0.3 is 10.4 Å². The third kappa shape index (κ3) is 3.42. The van der Waals surface area contributed by atoms with E-state index < -0.39 is 18.1 Å². The van der Waals surface area contributed by atoms with Crippen molar-refractivity contribution in [3.8, 4) is 0 Å². The highest BCUT2D eigenvalue weighted by atomic mass is 16.4. The molecule has 5 heteroatoms. The summed E-state index contributed by atoms with van der Waals surface area (Å²) in [7, 11) is 0. The van der Waals surface area contributed by atoms with Gasteiger partial charge in [-0.05, 0) is 43.0 Å². The molecule has 2 unspecified atom stereocenters. The Hall–Kier alpha value is -1.88. The van der Waals surface area contributed by atoms with E-state index in [0.29, 0.717) is 18.4 Å². The zero-order valence-corrected chi connectivity index (χ0v) is 12.5. The number of anilines is 1. The molecule has 3 N–H and O–H groups in total. The van der Waals surface area contributed by atoms with E-state index in [2.05, 4.69) is 10.6 Å². The number of carbonyl (C=O) groups is 2. The Kier molecular flexibility index (Phi) is 4.96. The minimum absolute atomic E-state index is 0.0353. The molecule has 21 heavy (non-hydrogen) atoms. The van der Waals surface area contributed by atoms with Gasteiger partial charge in [-0.2, -0.15) is 0 Å². The summed E-state index contributed by atoms with van der Waals surface area (Å²) >= 11 is 0. The number of hydrogen-bond donors (Lipinski definition) is 3. The summed E-state index contributed by atoms with van der Waals surface area (Å²) in [6.45, 7) is 4.59. The number of aliphatic carboxylic acids is 1. The number of nitrogens with one attached hydrogen (secondary N) is 2. The normalized spacial score (nSPS) is 15.9. The van der Waals surface area contributed by atoms with Crippen LogP contribution in [0.1, 0.15) is 42.6 Å². The lowest BCUT2D eigenvalue weighted by atomic mass is 9.98. The first kappa shape index (κ1) is 15.5. The number of carbonyl (C=O) groups excluding carboxylic acids is 1. The third-order valence-corrected chi connectivity index (χ3v) is 3.93. The maximum atomic E-state index is 12.6. The Balaban J connectivity index is 2.14. The minimum atomic E-state index is -0.915. The fourth-order valence-electron chi connectivity index (χ4n) is 2.64. The van der Waals surface area contributed by atoms with Crippen LogP contribution in [0.5, 0.6) is 0 Å². The van der Waals surface area contributed by atoms with E-state index >= 15 is 0 Å². The first-order valence-corrected chi connectivity index (χ1v) is 7.46. The highest BCUT2D eigenvalue weighted by Crippen LogP contribution is 2.23. The van der Waals surface area contributed by atoms with Crippen LogP contribution in [0, 0.1) is 0 Å². The lowest BCUT2D eigenvalue weighted by Gasteiger charge is -2.20. The number of benzene rings is 1. The van der Waals surface area contributed by atoms with Gasteiger partial charge >= 0.3 is 5.97 Å². The van der Waals surface area contributed by atoms with Gasteiger partial charge in [-0.1, -0.05) is 13.8 Å². The average molecular weight is 290 g/mol. The molecule has 0 saturated carbocycles. The minimum Gasteiger partial charge on any atom is -0.480 e. The molecular weight excluding hydrogens is 268 g/mol. The molecule has 114 valence electrons. The predicted molar refractivity (Wildman–Crippen MR) is 81.9 cm³/mol. The van der Waals surface area contributed by atoms with E-state index in [1.165, 1.54) is 0 Å². The van der Waals surface area contributed by atoms with Crippen molar-refractivity contribution in [1.82, 2.24) is 5.32 Å². The van der Waals surface area contributed by atoms with Crippen LogP contribution < -0.4 is 10.6 Å². The summed E-state index contributed by atoms with van der Waals surface area (Å²) in [6, 6.07) is 4.51. The summed E-state index contributed by atoms with van der Waals surface area (Å²) in [5, 5.41) is 15.3. The summed E-state index contributed by atoms with van der Waals surface area (Å²) in [5.74, 6) is -0.950. The summed E-state index contributed by atoms with van der Waals surface area (Å²) in [6.07, 6.45) is 1.94. The van der Waals surface area contributed by atoms with Crippen molar-refractivity contribution >= 4 is 17.4 Å². The van der Waals surface area contributed by atoms with Crippen LogP contribution in [-0.4, -0.2) is 35.5 Å². The molecule has 5 nitrogen and oxygen atoms in total. The van der Waals surface area contributed by atoms with Crippen LogP contribution in [-0.2, 0) is 11.2 Å². The van der Waals surface area contributed by atoms with Gasteiger partial charge in [0.2, 0.25) is 0 Å². The largest absolute Gasteiger partial charge is 0.480 e. The smallest absolute Gasteiger partial charge is 0.320 e. The molecule has 0 bridgehead atoms. The molecule has 1 heterocycles. The van der Waals surface area contributed by atoms with Crippen molar-refractivity contribution in [2.45, 2.75) is 45.2 Å². The first-order valence-electron chi connectivity index (χ1n) is 7.46. The fraction of sp³-hybridized carbons (Fsp3) is 0.500. The maximum absolute atomic E-state index is 12.6. The fourth-order valence-corrected chi connectivity index (χ4v) is 2.64. The Morgan fingerprint density at radius 2 is 2.00 bits per heavy atom. The second kappa shape index (κ2) is 6.72. The quantitative estimate of drug-likeness (QED) is 0.670. The van der Waals surface area contributed by atoms with E-state index in [1.54, 1.807) is 6.92 Å². The van der Waals surface area contributed by atoms with Crippen molar-refractivity contribution in [2.24, 2.45) is 0 Å². The third-order valence-electron chi connectivity index (χ3n) is 3.93. The van der Waals surface area contributed by atoms with Crippen LogP contribution in [0.15, 0.2) is 18.2 Å². The second-order valence-corrected chi connectivity index (χ2v) is 5.34. The number of rotatable bonds is 7. The van der Waals surface area contributed by atoms with Crippen molar-refractivity contribution in [3.05, 3.63) is 29.3 Å². The van der Waals surface area contributed by atoms with Gasteiger partial charge in [0.1, 0.15) is 6.04 Å². The zero-order valence-electron chi connectivity index (χ0n) is 12.5. The van der Waals surface area contributed by atoms with E-state index in [1.807, 2.05) is 25.1 Å². The molecule has 0 aliphatic carbocycles. The van der Waals surface area contributed by atoms with Crippen LogP contribution in [0.2, 0.25) is 0 Å². The van der Waals surface area contributed by atoms with Gasteiger partial charge in [-0.15, -0.1) is 0 Å². The highest BCUT2D eigenvalue weighted by molar-refractivity contribution is 6.01. The molecule has 1 aromatic carbocycles. The van der Waals surface area contributed by atoms with Crippen LogP contribution >= 0.6 is 0 Å². The van der Waals surface area contributed by atoms with Gasteiger partial charge in [0.25, 0.3) is 0 Å². The summed E-state index contributed by atoms with van der Waals surface area (Å²) in [5.41, 5.74) is 2.89. The van der Waals surface area contributed by atoms with Crippen LogP contribution in [0.4, 0.5) is 5.69 Å². The highest BCUT2D eigenvalue weighted by Gasteiger charge is 2.25. The molecule has 0 saturated heterocycles. The molecule has 0 radical (unpaired) electrons. The Bertz CT molecular complexity index is 542. The Morgan fingerprint density at radius 1 is 1.29 bits per heavy atom. The second-order valence-electron chi connectivity index (χ2n) is 5.34. The van der Waals surface area contributed by atoms with Crippen molar-refractivity contribution in [1.29, 1.82) is 0 Å². The number of hydrogen-bond acceptors (Lipinski definition) is 4. The van der Waals surface area contributed by atoms with Crippen molar-refractivity contribution in [2.75, 3.05) is 11.9 Å². The van der Waals surface area contributed by atoms with E-state index in [9.17, 15) is 9.59 Å². The standard InChI is InChI=1S/C16H22N2O3/c1-3-12(18-13(4-2)16(20)21)15(19)11-5-6-14-10(9-11)7-8-17-14/h5-6,9,12-13,17-18H,3-4,7-8H2,1-2H3,(H,20,21). The molecule has 1 aliphatic heterocycles. The van der Waals surface area contributed by atoms with E-state index in [0.717, 1.165) is 24.2 Å². The lowest BCUT2D eigenvalue weighted by Crippen LogP contribution is -2.46. The maximum Gasteiger partial charge on any atom is 0.320 e. The molecule has 0 aromatic heterocycles. The summed E-state index contributed by atoms with van der Waals surface area (Å²) < 4.78 is 0. The van der Waals surface area contributed by atoms with Gasteiger partial charge in [-0.3, -0.25) is 14.9 Å². The molecule has 1 aliphatic rings. The van der Waals surface area contributed by atoms with Gasteiger partial charge in [0, 0.05) is 17.8 Å². The average Bonchev–Trinajstić information content (AvgIpc) is 2.94. The van der Waals surface area contributed by atoms with E-state index in [4.69, 9.17) is 5.11 Å². The number of carboxylic acid groups (broad SMARTS) is 1. The summed E-state index contributed by atoms with van der Waals surface area (Å²) in [4.78, 5) is 23.7. The van der Waals surface area contributed by atoms with E-state index in [-0.39, 0.29) is 5.78 Å². The monoisotopic (exact) mass is 290 g/mol. The van der Waals surface area contributed by atoms with Gasteiger partial charge in [-0.25, -0.2) is 0 Å². The molecule has 2 rings (SSSR count). The van der Waals surface area contributed by atoms with Crippen molar-refractivity contribution < 1.29 is 14.7 Å². The molecule has 0 fully saturated rings. The topological polar surface area (TPSA) is 78.4 Å². The Morgan fingerprint density at radius 3 is 2.62 bits per heavy atom. The van der Waals surface area contributed by atoms with Crippen molar-refractivity contribution in [3.63, 3.8) is 0 Å². The van der Waals surface area contributed by atoms with Crippen LogP contribution in [0.3, 0.4) is 0 Å². The molecular formula is C16H22N2O3. The predicted octanol–water partition coefficient (Wildman–Crippen LogP) is 2.07. The van der Waals surface area contributed by atoms with Crippen LogP contribution in [0.25, 0.3) is 0 Å². The Labute approximate surface area is 124 Å². The lowest BCUT2D eigenvalue weighted by molar-refractivity contribution is -0.139. The molecule has 0 amide bonds. The number of Topliss-reactive ketones (excluding diaryl/α,β-unsaturated/α-hetero) is 1. The SMILES string of the molecule is CCC(NC(CC)C(=O)c1ccc2c(c1)CCN2)C(=O)O. The number of ketones is 1. The molecule has 2 atom stereocenters. The first-order chi connectivity index (χ1) is 10.1.